The molecule has 1 fully saturated rings. The molecule has 0 saturated heterocycles. The zero-order valence-corrected chi connectivity index (χ0v) is 16.7. The molecule has 5 amide bonds. The maximum atomic E-state index is 12.1. The van der Waals surface area contributed by atoms with Crippen molar-refractivity contribution in [3.8, 4) is 0 Å². The van der Waals surface area contributed by atoms with Gasteiger partial charge in [0.2, 0.25) is 0 Å². The maximum Gasteiger partial charge on any atom is 0.321 e. The third-order valence-corrected chi connectivity index (χ3v) is 4.77. The number of nitrogens with two attached hydrogens (primary N) is 1. The zero-order valence-electron chi connectivity index (χ0n) is 15.9. The molecule has 2 rings (SSSR count). The van der Waals surface area contributed by atoms with Gasteiger partial charge < -0.3 is 21.1 Å². The number of nitrogens with one attached hydrogen (secondary N) is 3. The highest BCUT2D eigenvalue weighted by atomic mass is 35.5. The highest BCUT2D eigenvalue weighted by molar-refractivity contribution is 6.30. The first kappa shape index (κ1) is 22.5. The number of primary amides is 1. The van der Waals surface area contributed by atoms with Crippen LogP contribution in [0.4, 0.5) is 9.59 Å². The Morgan fingerprint density at radius 3 is 2.38 bits per heavy atom. The van der Waals surface area contributed by atoms with Crippen molar-refractivity contribution < 1.29 is 23.9 Å². The number of esters is 1. The highest BCUT2D eigenvalue weighted by Gasteiger charge is 2.20. The molecule has 1 aliphatic carbocycles. The molecular formula is C19H25ClN4O5. The van der Waals surface area contributed by atoms with Gasteiger partial charge in [0, 0.05) is 11.1 Å². The Labute approximate surface area is 173 Å². The summed E-state index contributed by atoms with van der Waals surface area (Å²) in [4.78, 5) is 46.9. The number of ether oxygens (including phenoxy) is 1. The average Bonchev–Trinajstić information content (AvgIpc) is 2.67. The summed E-state index contributed by atoms with van der Waals surface area (Å²) in [5.74, 6) is -1.47. The molecule has 0 aromatic heterocycles. The van der Waals surface area contributed by atoms with Gasteiger partial charge in [-0.15, -0.1) is 0 Å². The first-order valence-electron chi connectivity index (χ1n) is 9.41. The molecule has 10 heteroatoms. The second kappa shape index (κ2) is 11.3. The van der Waals surface area contributed by atoms with Crippen LogP contribution in [0.15, 0.2) is 24.3 Å². The Hall–Kier alpha value is -2.81. The summed E-state index contributed by atoms with van der Waals surface area (Å²) in [6.45, 7) is -0.610. The lowest BCUT2D eigenvalue weighted by Gasteiger charge is -2.22. The van der Waals surface area contributed by atoms with Crippen LogP contribution in [-0.2, 0) is 14.3 Å². The normalized spacial score (nSPS) is 15.1. The van der Waals surface area contributed by atoms with Gasteiger partial charge in [-0.3, -0.25) is 14.9 Å². The number of amides is 5. The summed E-state index contributed by atoms with van der Waals surface area (Å²) in [6, 6.07) is 4.39. The second-order valence-electron chi connectivity index (χ2n) is 6.83. The Kier molecular flexibility index (Phi) is 8.72. The van der Waals surface area contributed by atoms with Crippen LogP contribution in [-0.4, -0.2) is 36.6 Å². The van der Waals surface area contributed by atoms with Crippen molar-refractivity contribution in [2.75, 3.05) is 6.61 Å². The number of benzene rings is 1. The van der Waals surface area contributed by atoms with Gasteiger partial charge in [0.05, 0.1) is 12.5 Å². The fourth-order valence-corrected chi connectivity index (χ4v) is 3.25. The van der Waals surface area contributed by atoms with E-state index in [1.807, 2.05) is 0 Å². The van der Waals surface area contributed by atoms with Crippen LogP contribution in [0.3, 0.4) is 0 Å². The summed E-state index contributed by atoms with van der Waals surface area (Å²) in [6.07, 6.45) is 4.77. The summed E-state index contributed by atoms with van der Waals surface area (Å²) in [5.41, 5.74) is 5.75. The Balaban J connectivity index is 1.78. The van der Waals surface area contributed by atoms with Gasteiger partial charge in [-0.05, 0) is 30.5 Å². The lowest BCUT2D eigenvalue weighted by Crippen LogP contribution is -2.46. The topological polar surface area (TPSA) is 140 Å². The number of rotatable bonds is 7. The molecule has 1 aromatic carbocycles. The van der Waals surface area contributed by atoms with Crippen molar-refractivity contribution in [2.45, 2.75) is 50.6 Å². The van der Waals surface area contributed by atoms with Crippen molar-refractivity contribution in [3.63, 3.8) is 0 Å². The van der Waals surface area contributed by atoms with Gasteiger partial charge in [-0.2, -0.15) is 0 Å². The molecule has 0 bridgehead atoms. The highest BCUT2D eigenvalue weighted by Crippen LogP contribution is 2.20. The monoisotopic (exact) mass is 424 g/mol. The molecule has 0 aliphatic heterocycles. The van der Waals surface area contributed by atoms with Crippen LogP contribution in [0.1, 0.15) is 50.1 Å². The number of hydrogen-bond donors (Lipinski definition) is 4. The largest absolute Gasteiger partial charge is 0.455 e. The third kappa shape index (κ3) is 8.39. The van der Waals surface area contributed by atoms with Gasteiger partial charge in [0.25, 0.3) is 5.91 Å². The molecule has 1 saturated carbocycles. The van der Waals surface area contributed by atoms with Crippen LogP contribution >= 0.6 is 11.6 Å². The van der Waals surface area contributed by atoms with Gasteiger partial charge in [0.1, 0.15) is 0 Å². The number of carbonyl (C=O) groups excluding carboxylic acids is 4. The molecule has 29 heavy (non-hydrogen) atoms. The second-order valence-corrected chi connectivity index (χ2v) is 7.27. The average molecular weight is 425 g/mol. The van der Waals surface area contributed by atoms with Crippen LogP contribution in [0.25, 0.3) is 0 Å². The minimum atomic E-state index is -0.810. The quantitative estimate of drug-likeness (QED) is 0.496. The van der Waals surface area contributed by atoms with Crippen LogP contribution in [0.5, 0.6) is 0 Å². The number of halogens is 1. The smallest absolute Gasteiger partial charge is 0.321 e. The molecule has 1 aromatic rings. The number of imide groups is 1. The molecule has 5 N–H and O–H groups in total. The molecule has 1 aliphatic rings. The van der Waals surface area contributed by atoms with E-state index < -0.39 is 36.6 Å². The van der Waals surface area contributed by atoms with E-state index >= 15 is 0 Å². The third-order valence-electron chi connectivity index (χ3n) is 4.52. The summed E-state index contributed by atoms with van der Waals surface area (Å²) >= 11 is 5.83. The fraction of sp³-hybridized carbons (Fsp3) is 0.474. The molecule has 0 radical (unpaired) electrons. The molecule has 0 heterocycles. The van der Waals surface area contributed by atoms with Crippen molar-refractivity contribution in [2.24, 2.45) is 5.73 Å². The zero-order chi connectivity index (χ0) is 21.2. The van der Waals surface area contributed by atoms with E-state index in [1.54, 1.807) is 24.3 Å². The van der Waals surface area contributed by atoms with Gasteiger partial charge in [-0.25, -0.2) is 9.59 Å². The number of hydrogen-bond acceptors (Lipinski definition) is 5. The van der Waals surface area contributed by atoms with Crippen molar-refractivity contribution in [1.82, 2.24) is 16.0 Å². The van der Waals surface area contributed by atoms with Gasteiger partial charge in [-0.1, -0.05) is 43.0 Å². The van der Waals surface area contributed by atoms with Gasteiger partial charge >= 0.3 is 18.0 Å². The van der Waals surface area contributed by atoms with Crippen LogP contribution in [0, 0.1) is 0 Å². The van der Waals surface area contributed by atoms with E-state index in [9.17, 15) is 19.2 Å². The van der Waals surface area contributed by atoms with Crippen LogP contribution < -0.4 is 21.7 Å². The standard InChI is InChI=1S/C19H25ClN4O5/c20-13-8-6-12(7-9-13)15(23-18(21)27)10-17(26)29-11-16(25)24-19(28)22-14-4-2-1-3-5-14/h6-9,14-15H,1-5,10-11H2,(H3,21,23,27)(H2,22,24,25,28)/t15-/m1/s1. The number of carbonyl (C=O) groups is 4. The predicted octanol–water partition coefficient (Wildman–Crippen LogP) is 2.14. The minimum Gasteiger partial charge on any atom is -0.455 e. The summed E-state index contributed by atoms with van der Waals surface area (Å²) < 4.78 is 4.90. The number of urea groups is 2. The van der Waals surface area contributed by atoms with E-state index in [0.717, 1.165) is 32.1 Å². The fourth-order valence-electron chi connectivity index (χ4n) is 3.12. The first-order valence-corrected chi connectivity index (χ1v) is 9.78. The first-order chi connectivity index (χ1) is 13.8. The Bertz CT molecular complexity index is 735. The van der Waals surface area contributed by atoms with Crippen molar-refractivity contribution >= 4 is 35.5 Å². The molecule has 1 atom stereocenters. The molecule has 9 nitrogen and oxygen atoms in total. The van der Waals surface area contributed by atoms with E-state index in [-0.39, 0.29) is 12.5 Å². The van der Waals surface area contributed by atoms with Crippen molar-refractivity contribution in [1.29, 1.82) is 0 Å². The Morgan fingerprint density at radius 2 is 1.76 bits per heavy atom. The van der Waals surface area contributed by atoms with Crippen molar-refractivity contribution in [3.05, 3.63) is 34.9 Å². The lowest BCUT2D eigenvalue weighted by atomic mass is 9.96. The van der Waals surface area contributed by atoms with Gasteiger partial charge in [0.15, 0.2) is 6.61 Å². The van der Waals surface area contributed by atoms with E-state index in [4.69, 9.17) is 22.1 Å². The molecule has 158 valence electrons. The maximum absolute atomic E-state index is 12.1. The minimum absolute atomic E-state index is 0.0547. The van der Waals surface area contributed by atoms with Crippen LogP contribution in [0.2, 0.25) is 5.02 Å². The van der Waals surface area contributed by atoms with E-state index in [1.165, 1.54) is 0 Å². The van der Waals surface area contributed by atoms with E-state index in [2.05, 4.69) is 16.0 Å². The molecular weight excluding hydrogens is 400 g/mol. The summed E-state index contributed by atoms with van der Waals surface area (Å²) in [7, 11) is 0. The molecule has 0 spiro atoms. The van der Waals surface area contributed by atoms with E-state index in [0.29, 0.717) is 10.6 Å². The summed E-state index contributed by atoms with van der Waals surface area (Å²) in [5, 5.41) is 7.81. The lowest BCUT2D eigenvalue weighted by molar-refractivity contribution is -0.148. The SMILES string of the molecule is NC(=O)N[C@H](CC(=O)OCC(=O)NC(=O)NC1CCCCC1)c1ccc(Cl)cc1. The predicted molar refractivity (Wildman–Crippen MR) is 106 cm³/mol. The molecule has 0 unspecified atom stereocenters. The Morgan fingerprint density at radius 1 is 1.10 bits per heavy atom.